The zero-order valence-electron chi connectivity index (χ0n) is 18.3. The summed E-state index contributed by atoms with van der Waals surface area (Å²) in [6.45, 7) is 0.795. The molecule has 0 atom stereocenters. The fourth-order valence-corrected chi connectivity index (χ4v) is 3.21. The molecule has 0 aliphatic heterocycles. The molecule has 0 unspecified atom stereocenters. The molecule has 0 saturated heterocycles. The molecular weight excluding hydrogens is 394 g/mol. The van der Waals surface area contributed by atoms with Crippen LogP contribution in [-0.2, 0) is 13.2 Å². The predicted molar refractivity (Wildman–Crippen MR) is 119 cm³/mol. The van der Waals surface area contributed by atoms with Gasteiger partial charge in [-0.05, 0) is 35.4 Å². The molecule has 3 aromatic rings. The molecule has 0 aliphatic rings. The lowest BCUT2D eigenvalue weighted by Crippen LogP contribution is -2.26. The Morgan fingerprint density at radius 3 is 2.06 bits per heavy atom. The van der Waals surface area contributed by atoms with Gasteiger partial charge >= 0.3 is 0 Å². The van der Waals surface area contributed by atoms with Crippen LogP contribution >= 0.6 is 0 Å². The molecule has 0 radical (unpaired) electrons. The van der Waals surface area contributed by atoms with Gasteiger partial charge in [0.2, 0.25) is 5.75 Å². The van der Waals surface area contributed by atoms with Gasteiger partial charge in [-0.1, -0.05) is 42.5 Å². The lowest BCUT2D eigenvalue weighted by molar-refractivity contribution is 0.0784. The molecule has 6 heteroatoms. The van der Waals surface area contributed by atoms with Crippen molar-refractivity contribution in [2.45, 2.75) is 13.2 Å². The lowest BCUT2D eigenvalue weighted by Gasteiger charge is -2.20. The van der Waals surface area contributed by atoms with Crippen LogP contribution in [0.25, 0.3) is 0 Å². The van der Waals surface area contributed by atoms with Gasteiger partial charge in [-0.15, -0.1) is 0 Å². The summed E-state index contributed by atoms with van der Waals surface area (Å²) in [5.74, 6) is 1.93. The molecule has 1 amide bonds. The van der Waals surface area contributed by atoms with Crippen molar-refractivity contribution in [1.29, 1.82) is 0 Å². The largest absolute Gasteiger partial charge is 0.497 e. The smallest absolute Gasteiger partial charge is 0.254 e. The number of carbonyl (C=O) groups excluding carboxylic acids is 1. The Morgan fingerprint density at radius 1 is 0.806 bits per heavy atom. The summed E-state index contributed by atoms with van der Waals surface area (Å²) >= 11 is 0. The number of methoxy groups -OCH3 is 3. The first-order valence-electron chi connectivity index (χ1n) is 9.86. The molecule has 0 saturated carbocycles. The Balaban J connectivity index is 1.80. The van der Waals surface area contributed by atoms with Gasteiger partial charge in [0, 0.05) is 19.2 Å². The quantitative estimate of drug-likeness (QED) is 0.507. The molecule has 0 heterocycles. The van der Waals surface area contributed by atoms with Gasteiger partial charge in [-0.2, -0.15) is 0 Å². The minimum Gasteiger partial charge on any atom is -0.497 e. The second-order valence-corrected chi connectivity index (χ2v) is 7.00. The standard InChI is InChI=1S/C25H27NO5/c1-26(16-19-11-8-12-21(13-19)28-2)25(27)20-14-22(29-3)24(23(15-20)30-4)31-17-18-9-6-5-7-10-18/h5-15H,16-17H2,1-4H3. The van der Waals surface area contributed by atoms with E-state index in [9.17, 15) is 4.79 Å². The number of rotatable bonds is 9. The Morgan fingerprint density at radius 2 is 1.45 bits per heavy atom. The summed E-state index contributed by atoms with van der Waals surface area (Å²) in [6.07, 6.45) is 0. The molecule has 0 bridgehead atoms. The Hall–Kier alpha value is -3.67. The Bertz CT molecular complexity index is 994. The highest BCUT2D eigenvalue weighted by Gasteiger charge is 2.20. The highest BCUT2D eigenvalue weighted by Crippen LogP contribution is 2.39. The van der Waals surface area contributed by atoms with Gasteiger partial charge in [0.15, 0.2) is 11.5 Å². The van der Waals surface area contributed by atoms with Crippen molar-refractivity contribution in [2.24, 2.45) is 0 Å². The van der Waals surface area contributed by atoms with E-state index in [1.807, 2.05) is 54.6 Å². The van der Waals surface area contributed by atoms with Gasteiger partial charge in [0.25, 0.3) is 5.91 Å². The van der Waals surface area contributed by atoms with E-state index in [1.165, 1.54) is 0 Å². The van der Waals surface area contributed by atoms with Crippen molar-refractivity contribution < 1.29 is 23.7 Å². The monoisotopic (exact) mass is 421 g/mol. The summed E-state index contributed by atoms with van der Waals surface area (Å²) in [6, 6.07) is 20.8. The van der Waals surface area contributed by atoms with Crippen molar-refractivity contribution in [3.05, 3.63) is 83.4 Å². The molecule has 31 heavy (non-hydrogen) atoms. The van der Waals surface area contributed by atoms with E-state index in [4.69, 9.17) is 18.9 Å². The number of hydrogen-bond donors (Lipinski definition) is 0. The van der Waals surface area contributed by atoms with E-state index in [0.29, 0.717) is 36.0 Å². The normalized spacial score (nSPS) is 10.3. The molecule has 162 valence electrons. The average Bonchev–Trinajstić information content (AvgIpc) is 2.82. The summed E-state index contributed by atoms with van der Waals surface area (Å²) in [5.41, 5.74) is 2.44. The van der Waals surface area contributed by atoms with E-state index in [2.05, 4.69) is 0 Å². The van der Waals surface area contributed by atoms with Crippen molar-refractivity contribution in [3.63, 3.8) is 0 Å². The van der Waals surface area contributed by atoms with E-state index < -0.39 is 0 Å². The van der Waals surface area contributed by atoms with Gasteiger partial charge < -0.3 is 23.8 Å². The molecule has 0 aromatic heterocycles. The molecule has 3 aromatic carbocycles. The fraction of sp³-hybridized carbons (Fsp3) is 0.240. The van der Waals surface area contributed by atoms with Crippen molar-refractivity contribution in [2.75, 3.05) is 28.4 Å². The molecule has 0 N–H and O–H groups in total. The zero-order valence-corrected chi connectivity index (χ0v) is 18.3. The van der Waals surface area contributed by atoms with Crippen LogP contribution in [-0.4, -0.2) is 39.2 Å². The molecule has 0 spiro atoms. The predicted octanol–water partition coefficient (Wildman–Crippen LogP) is 4.56. The van der Waals surface area contributed by atoms with Crippen LogP contribution in [0, 0.1) is 0 Å². The maximum Gasteiger partial charge on any atom is 0.254 e. The second-order valence-electron chi connectivity index (χ2n) is 7.00. The first-order chi connectivity index (χ1) is 15.0. The second kappa shape index (κ2) is 10.4. The minimum atomic E-state index is -0.158. The Kier molecular flexibility index (Phi) is 7.38. The average molecular weight is 421 g/mol. The minimum absolute atomic E-state index is 0.158. The third-order valence-electron chi connectivity index (χ3n) is 4.83. The van der Waals surface area contributed by atoms with E-state index in [1.54, 1.807) is 45.4 Å². The molecular formula is C25H27NO5. The van der Waals surface area contributed by atoms with Crippen LogP contribution in [0.15, 0.2) is 66.7 Å². The van der Waals surface area contributed by atoms with E-state index >= 15 is 0 Å². The molecule has 0 fully saturated rings. The lowest BCUT2D eigenvalue weighted by atomic mass is 10.1. The number of amides is 1. The Labute approximate surface area is 182 Å². The van der Waals surface area contributed by atoms with Gasteiger partial charge in [-0.3, -0.25) is 4.79 Å². The number of benzene rings is 3. The first kappa shape index (κ1) is 22.0. The maximum atomic E-state index is 13.1. The van der Waals surface area contributed by atoms with Gasteiger partial charge in [-0.25, -0.2) is 0 Å². The third-order valence-corrected chi connectivity index (χ3v) is 4.83. The van der Waals surface area contributed by atoms with Gasteiger partial charge in [0.05, 0.1) is 21.3 Å². The fourth-order valence-electron chi connectivity index (χ4n) is 3.21. The summed E-state index contributed by atoms with van der Waals surface area (Å²) in [7, 11) is 6.45. The SMILES string of the molecule is COc1cccc(CN(C)C(=O)c2cc(OC)c(OCc3ccccc3)c(OC)c2)c1. The van der Waals surface area contributed by atoms with Crippen LogP contribution in [0.1, 0.15) is 21.5 Å². The molecule has 0 aliphatic carbocycles. The van der Waals surface area contributed by atoms with Crippen molar-refractivity contribution in [3.8, 4) is 23.0 Å². The maximum absolute atomic E-state index is 13.1. The van der Waals surface area contributed by atoms with Crippen LogP contribution in [0.4, 0.5) is 0 Å². The van der Waals surface area contributed by atoms with Crippen LogP contribution in [0.2, 0.25) is 0 Å². The highest BCUT2D eigenvalue weighted by atomic mass is 16.5. The summed E-state index contributed by atoms with van der Waals surface area (Å²) < 4.78 is 22.2. The van der Waals surface area contributed by atoms with Crippen LogP contribution < -0.4 is 18.9 Å². The highest BCUT2D eigenvalue weighted by molar-refractivity contribution is 5.95. The van der Waals surface area contributed by atoms with Crippen molar-refractivity contribution in [1.82, 2.24) is 4.90 Å². The number of hydrogen-bond acceptors (Lipinski definition) is 5. The summed E-state index contributed by atoms with van der Waals surface area (Å²) in [5, 5.41) is 0. The molecule has 6 nitrogen and oxygen atoms in total. The van der Waals surface area contributed by atoms with Crippen molar-refractivity contribution >= 4 is 5.91 Å². The third kappa shape index (κ3) is 5.48. The topological polar surface area (TPSA) is 57.2 Å². The van der Waals surface area contributed by atoms with Crippen LogP contribution in [0.5, 0.6) is 23.0 Å². The zero-order chi connectivity index (χ0) is 22.2. The van der Waals surface area contributed by atoms with Gasteiger partial charge in [0.1, 0.15) is 12.4 Å². The summed E-state index contributed by atoms with van der Waals surface area (Å²) in [4.78, 5) is 14.7. The number of carbonyl (C=O) groups is 1. The van der Waals surface area contributed by atoms with E-state index in [0.717, 1.165) is 16.9 Å². The van der Waals surface area contributed by atoms with Crippen LogP contribution in [0.3, 0.4) is 0 Å². The van der Waals surface area contributed by atoms with E-state index in [-0.39, 0.29) is 5.91 Å². The number of ether oxygens (including phenoxy) is 4. The first-order valence-corrected chi connectivity index (χ1v) is 9.86. The molecule has 3 rings (SSSR count). The number of nitrogens with zero attached hydrogens (tertiary/aromatic N) is 1.